The lowest BCUT2D eigenvalue weighted by atomic mass is 9.97. The minimum Gasteiger partial charge on any atom is -0.456 e. The Kier molecular flexibility index (Phi) is 7.90. The molecule has 5 atom stereocenters. The van der Waals surface area contributed by atoms with Crippen LogP contribution in [-0.2, 0) is 23.7 Å². The van der Waals surface area contributed by atoms with E-state index in [9.17, 15) is 9.90 Å². The Morgan fingerprint density at radius 1 is 1.19 bits per heavy atom. The molecule has 0 spiro atoms. The third-order valence-corrected chi connectivity index (χ3v) is 5.57. The molecule has 0 radical (unpaired) electrons. The van der Waals surface area contributed by atoms with Crippen molar-refractivity contribution in [3.05, 3.63) is 52.6 Å². The molecule has 0 aromatic heterocycles. The number of aliphatic hydroxyl groups excluding tert-OH is 1. The van der Waals surface area contributed by atoms with Gasteiger partial charge in [-0.3, -0.25) is 0 Å². The Morgan fingerprint density at radius 3 is 2.66 bits per heavy atom. The van der Waals surface area contributed by atoms with Gasteiger partial charge in [0.05, 0.1) is 11.7 Å². The van der Waals surface area contributed by atoms with Crippen LogP contribution >= 0.6 is 0 Å². The Balaban J connectivity index is 2.02. The summed E-state index contributed by atoms with van der Waals surface area (Å²) in [6, 6.07) is 3.92. The van der Waals surface area contributed by atoms with Crippen LogP contribution in [0.4, 0.5) is 0 Å². The van der Waals surface area contributed by atoms with Crippen molar-refractivity contribution >= 4 is 12.0 Å². The van der Waals surface area contributed by atoms with Gasteiger partial charge in [-0.05, 0) is 52.2 Å². The van der Waals surface area contributed by atoms with Crippen molar-refractivity contribution in [3.8, 4) is 0 Å². The van der Waals surface area contributed by atoms with Crippen molar-refractivity contribution in [2.75, 3.05) is 13.9 Å². The standard InChI is InChI=1S/C25H34O7/c1-15-12-16(2)22-18(13-15)8-7-9-21-23(32-25(4,5)31-21)19(26)10-11-20(29-14-28-6)17(3)30-24(22)27/h7-8,10-13,17,19-21,23,26H,9,14H2,1-6H3/b8-7+,11-10-/t17-,19?,20+,21-,23+/m0/s1. The highest BCUT2D eigenvalue weighted by Crippen LogP contribution is 2.33. The topological polar surface area (TPSA) is 83.5 Å². The molecule has 1 unspecified atom stereocenters. The summed E-state index contributed by atoms with van der Waals surface area (Å²) in [6.07, 6.45) is 4.60. The molecule has 0 saturated carbocycles. The second-order valence-corrected chi connectivity index (χ2v) is 8.85. The predicted molar refractivity (Wildman–Crippen MR) is 120 cm³/mol. The highest BCUT2D eigenvalue weighted by Gasteiger charge is 2.43. The molecule has 0 amide bonds. The van der Waals surface area contributed by atoms with E-state index in [1.807, 2.05) is 52.0 Å². The van der Waals surface area contributed by atoms with E-state index in [4.69, 9.17) is 23.7 Å². The average molecular weight is 447 g/mol. The monoisotopic (exact) mass is 446 g/mol. The summed E-state index contributed by atoms with van der Waals surface area (Å²) < 4.78 is 28.5. The van der Waals surface area contributed by atoms with Crippen LogP contribution in [-0.4, -0.2) is 61.3 Å². The van der Waals surface area contributed by atoms with Gasteiger partial charge in [0.2, 0.25) is 0 Å². The summed E-state index contributed by atoms with van der Waals surface area (Å²) in [7, 11) is 1.52. The summed E-state index contributed by atoms with van der Waals surface area (Å²) in [4.78, 5) is 13.1. The number of carbonyl (C=O) groups is 1. The lowest BCUT2D eigenvalue weighted by Crippen LogP contribution is -2.35. The lowest BCUT2D eigenvalue weighted by molar-refractivity contribution is -0.152. The molecule has 2 heterocycles. The van der Waals surface area contributed by atoms with Gasteiger partial charge in [-0.1, -0.05) is 42.0 Å². The van der Waals surface area contributed by atoms with E-state index >= 15 is 0 Å². The maximum atomic E-state index is 13.1. The number of hydrogen-bond acceptors (Lipinski definition) is 7. The molecular weight excluding hydrogens is 412 g/mol. The van der Waals surface area contributed by atoms with Crippen molar-refractivity contribution in [1.82, 2.24) is 0 Å². The van der Waals surface area contributed by atoms with Crippen molar-refractivity contribution in [3.63, 3.8) is 0 Å². The number of benzene rings is 1. The molecule has 3 rings (SSSR count). The SMILES string of the molecule is COCO[C@@H]1/C=C\C(O)[C@H]2OC(C)(C)O[C@H]2C/C=C/c2cc(C)cc(C)c2C(=O)O[C@H]1C. The molecule has 7 heteroatoms. The van der Waals surface area contributed by atoms with Gasteiger partial charge in [0.1, 0.15) is 31.2 Å². The Bertz CT molecular complexity index is 873. The number of rotatable bonds is 3. The van der Waals surface area contributed by atoms with Crippen LogP contribution in [0.1, 0.15) is 54.2 Å². The molecule has 32 heavy (non-hydrogen) atoms. The van der Waals surface area contributed by atoms with E-state index in [0.717, 1.165) is 16.7 Å². The zero-order valence-corrected chi connectivity index (χ0v) is 19.7. The number of hydrogen-bond donors (Lipinski definition) is 1. The number of ether oxygens (including phenoxy) is 5. The van der Waals surface area contributed by atoms with Gasteiger partial charge in [-0.25, -0.2) is 4.79 Å². The first kappa shape index (κ1) is 24.6. The fourth-order valence-electron chi connectivity index (χ4n) is 4.20. The zero-order valence-electron chi connectivity index (χ0n) is 19.7. The Morgan fingerprint density at radius 2 is 1.94 bits per heavy atom. The van der Waals surface area contributed by atoms with Gasteiger partial charge in [0.15, 0.2) is 5.79 Å². The third-order valence-electron chi connectivity index (χ3n) is 5.57. The second-order valence-electron chi connectivity index (χ2n) is 8.85. The normalized spacial score (nSPS) is 32.3. The number of cyclic esters (lactones) is 1. The van der Waals surface area contributed by atoms with E-state index < -0.39 is 36.2 Å². The summed E-state index contributed by atoms with van der Waals surface area (Å²) in [6.45, 7) is 9.31. The van der Waals surface area contributed by atoms with Gasteiger partial charge in [0.25, 0.3) is 0 Å². The molecule has 1 saturated heterocycles. The van der Waals surface area contributed by atoms with E-state index in [1.54, 1.807) is 19.1 Å². The van der Waals surface area contributed by atoms with Crippen LogP contribution in [0.25, 0.3) is 6.08 Å². The highest BCUT2D eigenvalue weighted by molar-refractivity contribution is 5.95. The molecule has 7 nitrogen and oxygen atoms in total. The van der Waals surface area contributed by atoms with Crippen molar-refractivity contribution in [2.45, 2.75) is 77.3 Å². The van der Waals surface area contributed by atoms with E-state index in [-0.39, 0.29) is 12.9 Å². The molecule has 1 aromatic carbocycles. The summed E-state index contributed by atoms with van der Waals surface area (Å²) in [5.74, 6) is -1.24. The quantitative estimate of drug-likeness (QED) is 0.431. The third kappa shape index (κ3) is 5.85. The van der Waals surface area contributed by atoms with Gasteiger partial charge >= 0.3 is 5.97 Å². The fraction of sp³-hybridized carbons (Fsp3) is 0.560. The van der Waals surface area contributed by atoms with Crippen LogP contribution in [0.3, 0.4) is 0 Å². The number of fused-ring (bicyclic) bond motifs is 2. The van der Waals surface area contributed by atoms with Crippen LogP contribution < -0.4 is 0 Å². The molecule has 2 aliphatic heterocycles. The molecule has 1 fully saturated rings. The molecule has 2 aliphatic rings. The molecule has 0 bridgehead atoms. The van der Waals surface area contributed by atoms with E-state index in [0.29, 0.717) is 12.0 Å². The summed E-state index contributed by atoms with van der Waals surface area (Å²) in [5, 5.41) is 10.8. The smallest absolute Gasteiger partial charge is 0.339 e. The summed E-state index contributed by atoms with van der Waals surface area (Å²) >= 11 is 0. The van der Waals surface area contributed by atoms with Gasteiger partial charge in [0, 0.05) is 7.11 Å². The first-order valence-electron chi connectivity index (χ1n) is 10.9. The number of methoxy groups -OCH3 is 1. The molecule has 176 valence electrons. The van der Waals surface area contributed by atoms with Crippen molar-refractivity contribution < 1.29 is 33.6 Å². The van der Waals surface area contributed by atoms with Gasteiger partial charge < -0.3 is 28.8 Å². The van der Waals surface area contributed by atoms with Gasteiger partial charge in [-0.2, -0.15) is 0 Å². The van der Waals surface area contributed by atoms with E-state index in [1.165, 1.54) is 7.11 Å². The van der Waals surface area contributed by atoms with Crippen LogP contribution in [0.5, 0.6) is 0 Å². The maximum Gasteiger partial charge on any atom is 0.339 e. The predicted octanol–water partition coefficient (Wildman–Crippen LogP) is 3.69. The van der Waals surface area contributed by atoms with Crippen LogP contribution in [0, 0.1) is 13.8 Å². The van der Waals surface area contributed by atoms with Gasteiger partial charge in [-0.15, -0.1) is 0 Å². The Hall–Kier alpha value is -2.03. The minimum absolute atomic E-state index is 0.0171. The number of esters is 1. The molecular formula is C25H34O7. The van der Waals surface area contributed by atoms with Crippen LogP contribution in [0.2, 0.25) is 0 Å². The van der Waals surface area contributed by atoms with E-state index in [2.05, 4.69) is 0 Å². The maximum absolute atomic E-state index is 13.1. The number of aliphatic hydroxyl groups is 1. The molecule has 1 N–H and O–H groups in total. The summed E-state index contributed by atoms with van der Waals surface area (Å²) in [5.41, 5.74) is 3.18. The zero-order chi connectivity index (χ0) is 23.5. The first-order chi connectivity index (χ1) is 15.1. The number of aryl methyl sites for hydroxylation is 2. The minimum atomic E-state index is -0.925. The largest absolute Gasteiger partial charge is 0.456 e. The second kappa shape index (κ2) is 10.3. The molecule has 0 aliphatic carbocycles. The van der Waals surface area contributed by atoms with Crippen molar-refractivity contribution in [2.24, 2.45) is 0 Å². The Labute approximate surface area is 189 Å². The first-order valence-corrected chi connectivity index (χ1v) is 10.9. The highest BCUT2D eigenvalue weighted by atomic mass is 16.8. The molecule has 1 aromatic rings. The average Bonchev–Trinajstić information content (AvgIpc) is 3.01. The number of carbonyl (C=O) groups excluding carboxylic acids is 1. The lowest BCUT2D eigenvalue weighted by Gasteiger charge is -2.24. The van der Waals surface area contributed by atoms with Crippen LogP contribution in [0.15, 0.2) is 30.4 Å². The van der Waals surface area contributed by atoms with Crippen molar-refractivity contribution in [1.29, 1.82) is 0 Å². The fourth-order valence-corrected chi connectivity index (χ4v) is 4.20.